The zero-order chi connectivity index (χ0) is 21.8. The number of anilines is 1. The number of likely N-dealkylation sites (tertiary alicyclic amines) is 1. The van der Waals surface area contributed by atoms with Crippen LogP contribution in [-0.4, -0.2) is 50.6 Å². The van der Waals surface area contributed by atoms with Gasteiger partial charge >= 0.3 is 6.03 Å². The van der Waals surface area contributed by atoms with Crippen LogP contribution in [0.1, 0.15) is 40.6 Å². The Balaban J connectivity index is 1.25. The molecule has 1 atom stereocenters. The molecule has 32 heavy (non-hydrogen) atoms. The van der Waals surface area contributed by atoms with Gasteiger partial charge in [0.2, 0.25) is 0 Å². The summed E-state index contributed by atoms with van der Waals surface area (Å²) >= 11 is 0. The molecule has 1 saturated heterocycles. The number of fused-ring (bicyclic) bond motifs is 1. The van der Waals surface area contributed by atoms with Crippen molar-refractivity contribution in [3.63, 3.8) is 0 Å². The Hall–Kier alpha value is -3.61. The summed E-state index contributed by atoms with van der Waals surface area (Å²) in [6, 6.07) is 19.3. The molecule has 7 nitrogen and oxygen atoms in total. The monoisotopic (exact) mass is 427 g/mol. The molecule has 1 N–H and O–H groups in total. The number of urea groups is 1. The third kappa shape index (κ3) is 2.99. The molecule has 3 amide bonds. The maximum Gasteiger partial charge on any atom is 0.321 e. The Morgan fingerprint density at radius 2 is 1.66 bits per heavy atom. The molecule has 0 radical (unpaired) electrons. The first-order chi connectivity index (χ1) is 15.6. The van der Waals surface area contributed by atoms with Gasteiger partial charge in [0.15, 0.2) is 0 Å². The maximum absolute atomic E-state index is 13.7. The number of nitrogens with zero attached hydrogens (tertiary/aromatic N) is 4. The molecule has 1 unspecified atom stereocenters. The lowest BCUT2D eigenvalue weighted by molar-refractivity contribution is 0.0262. The van der Waals surface area contributed by atoms with Gasteiger partial charge < -0.3 is 15.1 Å². The molecule has 1 aromatic heterocycles. The molecular weight excluding hydrogens is 402 g/mol. The molecule has 3 aromatic rings. The average Bonchev–Trinajstić information content (AvgIpc) is 3.49. The van der Waals surface area contributed by atoms with Gasteiger partial charge in [-0.05, 0) is 49.9 Å². The summed E-state index contributed by atoms with van der Waals surface area (Å²) in [6.07, 6.45) is 2.27. The highest BCUT2D eigenvalue weighted by Gasteiger charge is 2.53. The lowest BCUT2D eigenvalue weighted by Gasteiger charge is -2.46. The Kier molecular flexibility index (Phi) is 4.31. The molecule has 2 fully saturated rings. The molecule has 1 aliphatic carbocycles. The van der Waals surface area contributed by atoms with Gasteiger partial charge in [-0.25, -0.2) is 9.48 Å². The van der Waals surface area contributed by atoms with Gasteiger partial charge in [-0.1, -0.05) is 36.4 Å². The predicted molar refractivity (Wildman–Crippen MR) is 121 cm³/mol. The normalized spacial score (nSPS) is 20.3. The average molecular weight is 428 g/mol. The molecule has 3 heterocycles. The van der Waals surface area contributed by atoms with Crippen molar-refractivity contribution in [2.45, 2.75) is 31.8 Å². The first-order valence-electron chi connectivity index (χ1n) is 11.2. The molecule has 1 saturated carbocycles. The van der Waals surface area contributed by atoms with Crippen molar-refractivity contribution < 1.29 is 9.59 Å². The number of hydrogen-bond donors (Lipinski definition) is 1. The van der Waals surface area contributed by atoms with E-state index in [1.165, 1.54) is 0 Å². The van der Waals surface area contributed by atoms with Crippen molar-refractivity contribution in [3.8, 4) is 5.69 Å². The number of para-hydroxylation sites is 2. The smallest absolute Gasteiger partial charge is 0.321 e. The van der Waals surface area contributed by atoms with E-state index in [9.17, 15) is 9.59 Å². The lowest BCUT2D eigenvalue weighted by atomic mass is 10.00. The number of aromatic nitrogens is 2. The number of nitrogens with one attached hydrogen (secondary N) is 1. The van der Waals surface area contributed by atoms with Gasteiger partial charge in [0, 0.05) is 24.3 Å². The fourth-order valence-corrected chi connectivity index (χ4v) is 5.03. The summed E-state index contributed by atoms with van der Waals surface area (Å²) in [4.78, 5) is 30.1. The summed E-state index contributed by atoms with van der Waals surface area (Å²) in [7, 11) is 0. The Morgan fingerprint density at radius 3 is 2.31 bits per heavy atom. The lowest BCUT2D eigenvalue weighted by Crippen LogP contribution is -2.62. The molecular formula is C25H25N5O2. The number of amides is 3. The Morgan fingerprint density at radius 1 is 1.00 bits per heavy atom. The molecule has 0 spiro atoms. The largest absolute Gasteiger partial charge is 0.323 e. The number of aryl methyl sites for hydroxylation is 1. The second-order valence-corrected chi connectivity index (χ2v) is 8.94. The highest BCUT2D eigenvalue weighted by Crippen LogP contribution is 2.52. The Labute approximate surface area is 186 Å². The van der Waals surface area contributed by atoms with E-state index in [2.05, 4.69) is 5.32 Å². The van der Waals surface area contributed by atoms with Crippen LogP contribution in [0.4, 0.5) is 10.5 Å². The number of carbonyl (C=O) groups is 2. The fourth-order valence-electron chi connectivity index (χ4n) is 5.03. The van der Waals surface area contributed by atoms with E-state index in [0.717, 1.165) is 35.5 Å². The van der Waals surface area contributed by atoms with Crippen molar-refractivity contribution in [1.82, 2.24) is 19.6 Å². The van der Waals surface area contributed by atoms with E-state index in [0.29, 0.717) is 24.7 Å². The molecule has 3 aliphatic rings. The first kappa shape index (κ1) is 19.1. The SMILES string of the molecule is Cc1nn(-c2ccccc2)c2c1C(C1CC1)N(C1CN(C(=O)Nc3ccccc3)C1)C2=O. The highest BCUT2D eigenvalue weighted by molar-refractivity contribution is 5.99. The van der Waals surface area contributed by atoms with Gasteiger partial charge in [-0.2, -0.15) is 5.10 Å². The van der Waals surface area contributed by atoms with Crippen LogP contribution >= 0.6 is 0 Å². The van der Waals surface area contributed by atoms with E-state index in [4.69, 9.17) is 5.10 Å². The summed E-state index contributed by atoms with van der Waals surface area (Å²) in [5.41, 5.74) is 4.38. The van der Waals surface area contributed by atoms with Crippen LogP contribution < -0.4 is 5.32 Å². The van der Waals surface area contributed by atoms with Crippen molar-refractivity contribution in [1.29, 1.82) is 0 Å². The molecule has 162 valence electrons. The second-order valence-electron chi connectivity index (χ2n) is 8.94. The highest BCUT2D eigenvalue weighted by atomic mass is 16.2. The molecule has 6 rings (SSSR count). The number of hydrogen-bond acceptors (Lipinski definition) is 3. The summed E-state index contributed by atoms with van der Waals surface area (Å²) in [5.74, 6) is 0.522. The van der Waals surface area contributed by atoms with E-state index in [-0.39, 0.29) is 24.0 Å². The van der Waals surface area contributed by atoms with Crippen molar-refractivity contribution in [2.24, 2.45) is 5.92 Å². The van der Waals surface area contributed by atoms with Gasteiger partial charge in [-0.3, -0.25) is 4.79 Å². The third-order valence-corrected chi connectivity index (χ3v) is 6.78. The van der Waals surface area contributed by atoms with Gasteiger partial charge in [0.25, 0.3) is 5.91 Å². The van der Waals surface area contributed by atoms with Gasteiger partial charge in [0.1, 0.15) is 5.69 Å². The van der Waals surface area contributed by atoms with Crippen molar-refractivity contribution >= 4 is 17.6 Å². The molecule has 2 aromatic carbocycles. The standard InChI is InChI=1S/C25H25N5O2/c1-16-21-22(17-12-13-17)29(24(31)23(21)30(27-16)19-10-6-3-7-11-19)20-14-28(15-20)25(32)26-18-8-4-2-5-9-18/h2-11,17,20,22H,12-15H2,1H3,(H,26,32). The van der Waals surface area contributed by atoms with Crippen LogP contribution in [0.15, 0.2) is 60.7 Å². The van der Waals surface area contributed by atoms with Crippen LogP contribution in [0.2, 0.25) is 0 Å². The first-order valence-corrected chi connectivity index (χ1v) is 11.2. The van der Waals surface area contributed by atoms with E-state index >= 15 is 0 Å². The Bertz CT molecular complexity index is 1180. The number of rotatable bonds is 4. The van der Waals surface area contributed by atoms with Crippen LogP contribution in [-0.2, 0) is 0 Å². The quantitative estimate of drug-likeness (QED) is 0.684. The minimum atomic E-state index is -0.119. The number of benzene rings is 2. The third-order valence-electron chi connectivity index (χ3n) is 6.78. The van der Waals surface area contributed by atoms with Crippen LogP contribution in [0.3, 0.4) is 0 Å². The molecule has 2 aliphatic heterocycles. The van der Waals surface area contributed by atoms with Gasteiger partial charge in [0.05, 0.1) is 23.5 Å². The molecule has 7 heteroatoms. The zero-order valence-corrected chi connectivity index (χ0v) is 17.9. The van der Waals surface area contributed by atoms with Crippen molar-refractivity contribution in [3.05, 3.63) is 77.6 Å². The summed E-state index contributed by atoms with van der Waals surface area (Å²) in [6.45, 7) is 3.11. The minimum absolute atomic E-state index is 0.0330. The summed E-state index contributed by atoms with van der Waals surface area (Å²) < 4.78 is 1.81. The van der Waals surface area contributed by atoms with E-state index in [1.54, 1.807) is 9.58 Å². The van der Waals surface area contributed by atoms with E-state index in [1.807, 2.05) is 72.5 Å². The molecule has 0 bridgehead atoms. The van der Waals surface area contributed by atoms with Crippen molar-refractivity contribution in [2.75, 3.05) is 18.4 Å². The zero-order valence-electron chi connectivity index (χ0n) is 17.9. The van der Waals surface area contributed by atoms with Crippen LogP contribution in [0, 0.1) is 12.8 Å². The predicted octanol–water partition coefficient (Wildman–Crippen LogP) is 4.00. The topological polar surface area (TPSA) is 70.5 Å². The number of carbonyl (C=O) groups excluding carboxylic acids is 2. The van der Waals surface area contributed by atoms with Crippen LogP contribution in [0.25, 0.3) is 5.69 Å². The minimum Gasteiger partial charge on any atom is -0.323 e. The van der Waals surface area contributed by atoms with Crippen LogP contribution in [0.5, 0.6) is 0 Å². The maximum atomic E-state index is 13.7. The fraction of sp³-hybridized carbons (Fsp3) is 0.320. The summed E-state index contributed by atoms with van der Waals surface area (Å²) in [5, 5.41) is 7.67. The van der Waals surface area contributed by atoms with E-state index < -0.39 is 0 Å². The van der Waals surface area contributed by atoms with Gasteiger partial charge in [-0.15, -0.1) is 0 Å². The second kappa shape index (κ2) is 7.22.